The van der Waals surface area contributed by atoms with Crippen LogP contribution in [-0.4, -0.2) is 11.6 Å². The molecule has 0 amide bonds. The van der Waals surface area contributed by atoms with Gasteiger partial charge in [0.2, 0.25) is 0 Å². The van der Waals surface area contributed by atoms with Crippen molar-refractivity contribution in [2.45, 2.75) is 58.1 Å². The summed E-state index contributed by atoms with van der Waals surface area (Å²) in [7, 11) is 0. The lowest BCUT2D eigenvalue weighted by Gasteiger charge is -2.43. The summed E-state index contributed by atoms with van der Waals surface area (Å²) >= 11 is 0. The van der Waals surface area contributed by atoms with Gasteiger partial charge in [-0.05, 0) is 39.5 Å². The summed E-state index contributed by atoms with van der Waals surface area (Å²) in [5.41, 5.74) is 7.24. The van der Waals surface area contributed by atoms with Crippen LogP contribution in [0.5, 0.6) is 5.75 Å². The van der Waals surface area contributed by atoms with Crippen molar-refractivity contribution in [3.05, 3.63) is 17.9 Å². The topological polar surface area (TPSA) is 47.3 Å². The zero-order valence-corrected chi connectivity index (χ0v) is 11.9. The van der Waals surface area contributed by atoms with E-state index in [1.807, 2.05) is 13.8 Å². The molecule has 3 nitrogen and oxygen atoms in total. The molecule has 3 N–H and O–H groups in total. The average molecular weight is 266 g/mol. The summed E-state index contributed by atoms with van der Waals surface area (Å²) in [5.74, 6) is -0.145. The third kappa shape index (κ3) is 2.94. The summed E-state index contributed by atoms with van der Waals surface area (Å²) in [6.45, 7) is 5.92. The van der Waals surface area contributed by atoms with Gasteiger partial charge in [0.1, 0.15) is 0 Å². The molecule has 0 aliphatic heterocycles. The first-order valence-corrected chi connectivity index (χ1v) is 6.99. The largest absolute Gasteiger partial charge is 0.488 e. The molecule has 0 radical (unpaired) electrons. The van der Waals surface area contributed by atoms with E-state index in [0.29, 0.717) is 5.69 Å². The van der Waals surface area contributed by atoms with Crippen molar-refractivity contribution in [3.63, 3.8) is 0 Å². The van der Waals surface area contributed by atoms with E-state index in [1.54, 1.807) is 6.07 Å². The minimum atomic E-state index is -0.407. The van der Waals surface area contributed by atoms with Crippen molar-refractivity contribution in [2.24, 2.45) is 0 Å². The average Bonchev–Trinajstić information content (AvgIpc) is 2.28. The maximum Gasteiger partial charge on any atom is 0.167 e. The number of nitrogens with one attached hydrogen (secondary N) is 1. The van der Waals surface area contributed by atoms with Crippen molar-refractivity contribution < 1.29 is 9.13 Å². The van der Waals surface area contributed by atoms with E-state index in [-0.39, 0.29) is 17.4 Å². The molecule has 0 aromatic heterocycles. The van der Waals surface area contributed by atoms with Crippen LogP contribution >= 0.6 is 0 Å². The van der Waals surface area contributed by atoms with Crippen LogP contribution in [0.4, 0.5) is 15.8 Å². The number of hydrogen-bond acceptors (Lipinski definition) is 3. The van der Waals surface area contributed by atoms with Gasteiger partial charge >= 0.3 is 0 Å². The molecule has 2 rings (SSSR count). The van der Waals surface area contributed by atoms with Gasteiger partial charge in [-0.25, -0.2) is 4.39 Å². The minimum absolute atomic E-state index is 0.0604. The Morgan fingerprint density at radius 2 is 2.11 bits per heavy atom. The lowest BCUT2D eigenvalue weighted by molar-refractivity contribution is 0.231. The predicted molar refractivity (Wildman–Crippen MR) is 77.1 cm³/mol. The molecule has 0 bridgehead atoms. The van der Waals surface area contributed by atoms with E-state index in [9.17, 15) is 4.39 Å². The molecule has 1 fully saturated rings. The molecule has 0 saturated heterocycles. The zero-order chi connectivity index (χ0) is 14.0. The quantitative estimate of drug-likeness (QED) is 0.793. The molecular weight excluding hydrogens is 243 g/mol. The Morgan fingerprint density at radius 1 is 1.42 bits per heavy atom. The van der Waals surface area contributed by atoms with Crippen LogP contribution in [0.1, 0.15) is 46.5 Å². The maximum absolute atomic E-state index is 13.8. The minimum Gasteiger partial charge on any atom is -0.488 e. The Kier molecular flexibility index (Phi) is 3.88. The smallest absolute Gasteiger partial charge is 0.167 e. The Morgan fingerprint density at radius 3 is 2.58 bits per heavy atom. The number of halogens is 1. The highest BCUT2D eigenvalue weighted by Gasteiger charge is 2.35. The van der Waals surface area contributed by atoms with Gasteiger partial charge in [-0.3, -0.25) is 0 Å². The fourth-order valence-corrected chi connectivity index (χ4v) is 2.48. The fourth-order valence-electron chi connectivity index (χ4n) is 2.48. The van der Waals surface area contributed by atoms with E-state index >= 15 is 0 Å². The summed E-state index contributed by atoms with van der Waals surface area (Å²) in [5, 5.41) is 3.48. The van der Waals surface area contributed by atoms with Crippen LogP contribution in [0.2, 0.25) is 0 Å². The number of hydrogen-bond donors (Lipinski definition) is 2. The Labute approximate surface area is 114 Å². The van der Waals surface area contributed by atoms with E-state index in [0.717, 1.165) is 24.9 Å². The summed E-state index contributed by atoms with van der Waals surface area (Å²) in [6.07, 6.45) is 4.50. The third-order valence-corrected chi connectivity index (χ3v) is 3.85. The van der Waals surface area contributed by atoms with Gasteiger partial charge in [-0.2, -0.15) is 0 Å². The highest BCUT2D eigenvalue weighted by atomic mass is 19.1. The second kappa shape index (κ2) is 5.27. The van der Waals surface area contributed by atoms with Crippen LogP contribution in [-0.2, 0) is 0 Å². The van der Waals surface area contributed by atoms with Gasteiger partial charge < -0.3 is 15.8 Å². The van der Waals surface area contributed by atoms with Crippen molar-refractivity contribution in [1.29, 1.82) is 0 Å². The molecule has 4 heteroatoms. The number of ether oxygens (including phenoxy) is 1. The first kappa shape index (κ1) is 14.0. The predicted octanol–water partition coefficient (Wildman–Crippen LogP) is 3.94. The number of benzene rings is 1. The molecule has 1 aromatic rings. The van der Waals surface area contributed by atoms with Gasteiger partial charge in [-0.1, -0.05) is 6.92 Å². The van der Waals surface area contributed by atoms with Crippen LogP contribution in [0, 0.1) is 5.82 Å². The van der Waals surface area contributed by atoms with Gasteiger partial charge in [-0.15, -0.1) is 0 Å². The van der Waals surface area contributed by atoms with Crippen LogP contribution in [0.15, 0.2) is 12.1 Å². The van der Waals surface area contributed by atoms with Crippen molar-refractivity contribution >= 4 is 11.4 Å². The number of anilines is 2. The lowest BCUT2D eigenvalue weighted by atomic mass is 9.74. The maximum atomic E-state index is 13.8. The molecule has 0 atom stereocenters. The van der Waals surface area contributed by atoms with Gasteiger partial charge in [0.05, 0.1) is 17.5 Å². The molecule has 1 aromatic carbocycles. The Balaban J connectivity index is 2.24. The van der Waals surface area contributed by atoms with E-state index in [4.69, 9.17) is 10.5 Å². The Bertz CT molecular complexity index is 450. The normalized spacial score (nSPS) is 17.1. The van der Waals surface area contributed by atoms with Crippen molar-refractivity contribution in [3.8, 4) is 5.75 Å². The van der Waals surface area contributed by atoms with Crippen molar-refractivity contribution in [1.82, 2.24) is 0 Å². The van der Waals surface area contributed by atoms with E-state index in [1.165, 1.54) is 12.5 Å². The standard InChI is InChI=1S/C15H23FN2O/c1-4-15(6-5-7-15)18-13-9-14(19-10(2)3)11(16)8-12(13)17/h8-10,18H,4-7,17H2,1-3H3. The number of nitrogen functional groups attached to an aromatic ring is 1. The molecule has 1 aliphatic carbocycles. The van der Waals surface area contributed by atoms with Gasteiger partial charge in [0, 0.05) is 17.7 Å². The summed E-state index contributed by atoms with van der Waals surface area (Å²) in [6, 6.07) is 3.02. The summed E-state index contributed by atoms with van der Waals surface area (Å²) < 4.78 is 19.2. The van der Waals surface area contributed by atoms with Crippen molar-refractivity contribution in [2.75, 3.05) is 11.1 Å². The molecule has 0 unspecified atom stereocenters. The SMILES string of the molecule is CCC1(Nc2cc(OC(C)C)c(F)cc2N)CCC1. The lowest BCUT2D eigenvalue weighted by Crippen LogP contribution is -2.44. The number of rotatable bonds is 5. The highest BCUT2D eigenvalue weighted by Crippen LogP contribution is 2.40. The molecule has 1 saturated carbocycles. The monoisotopic (exact) mass is 266 g/mol. The zero-order valence-electron chi connectivity index (χ0n) is 11.9. The molecule has 19 heavy (non-hydrogen) atoms. The van der Waals surface area contributed by atoms with Crippen LogP contribution in [0.25, 0.3) is 0 Å². The van der Waals surface area contributed by atoms with E-state index < -0.39 is 5.82 Å². The van der Waals surface area contributed by atoms with E-state index in [2.05, 4.69) is 12.2 Å². The first-order chi connectivity index (χ1) is 8.96. The molecule has 1 aliphatic rings. The molecule has 0 heterocycles. The van der Waals surface area contributed by atoms with Crippen LogP contribution < -0.4 is 15.8 Å². The van der Waals surface area contributed by atoms with Gasteiger partial charge in [0.15, 0.2) is 11.6 Å². The molecule has 106 valence electrons. The summed E-state index contributed by atoms with van der Waals surface area (Å²) in [4.78, 5) is 0. The van der Waals surface area contributed by atoms with Gasteiger partial charge in [0.25, 0.3) is 0 Å². The molecular formula is C15H23FN2O. The second-order valence-corrected chi connectivity index (χ2v) is 5.65. The first-order valence-electron chi connectivity index (χ1n) is 6.99. The Hall–Kier alpha value is -1.45. The number of nitrogens with two attached hydrogens (primary N) is 1. The highest BCUT2D eigenvalue weighted by molar-refractivity contribution is 5.69. The second-order valence-electron chi connectivity index (χ2n) is 5.65. The van der Waals surface area contributed by atoms with Crippen LogP contribution in [0.3, 0.4) is 0 Å². The molecule has 0 spiro atoms. The third-order valence-electron chi connectivity index (χ3n) is 3.85. The fraction of sp³-hybridized carbons (Fsp3) is 0.600.